The maximum absolute atomic E-state index is 9.75. The largest absolute Gasteiger partial charge is 0.393 e. The molecule has 0 spiro atoms. The van der Waals surface area contributed by atoms with Gasteiger partial charge in [-0.05, 0) is 30.9 Å². The average molecular weight is 235 g/mol. The molecule has 0 amide bonds. The highest BCUT2D eigenvalue weighted by Gasteiger charge is 2.26. The van der Waals surface area contributed by atoms with Gasteiger partial charge in [0.2, 0.25) is 0 Å². The second kappa shape index (κ2) is 5.02. The zero-order chi connectivity index (χ0) is 12.4. The zero-order valence-electron chi connectivity index (χ0n) is 10.6. The van der Waals surface area contributed by atoms with E-state index in [1.54, 1.807) is 0 Å². The van der Waals surface area contributed by atoms with E-state index in [2.05, 4.69) is 23.7 Å². The van der Waals surface area contributed by atoms with E-state index in [4.69, 9.17) is 5.73 Å². The van der Waals surface area contributed by atoms with Crippen molar-refractivity contribution in [3.05, 3.63) is 23.4 Å². The van der Waals surface area contributed by atoms with Gasteiger partial charge in [-0.2, -0.15) is 0 Å². The topological polar surface area (TPSA) is 62.4 Å². The molecule has 2 unspecified atom stereocenters. The zero-order valence-corrected chi connectivity index (χ0v) is 10.6. The van der Waals surface area contributed by atoms with Crippen molar-refractivity contribution in [2.75, 3.05) is 18.0 Å². The number of pyridine rings is 1. The molecular formula is C13H21N3O. The van der Waals surface area contributed by atoms with Crippen LogP contribution >= 0.6 is 0 Å². The van der Waals surface area contributed by atoms with Gasteiger partial charge in [-0.25, -0.2) is 4.98 Å². The first kappa shape index (κ1) is 12.3. The molecule has 2 rings (SSSR count). The number of aliphatic hydroxyl groups is 1. The molecule has 1 aromatic heterocycles. The minimum absolute atomic E-state index is 0.183. The monoisotopic (exact) mass is 235 g/mol. The summed E-state index contributed by atoms with van der Waals surface area (Å²) in [4.78, 5) is 6.70. The lowest BCUT2D eigenvalue weighted by atomic mass is 9.96. The average Bonchev–Trinajstić information content (AvgIpc) is 2.32. The first-order valence-electron chi connectivity index (χ1n) is 6.21. The van der Waals surface area contributed by atoms with Crippen molar-refractivity contribution in [3.8, 4) is 0 Å². The summed E-state index contributed by atoms with van der Waals surface area (Å²) in [6.45, 7) is 6.37. The van der Waals surface area contributed by atoms with Gasteiger partial charge in [-0.15, -0.1) is 0 Å². The van der Waals surface area contributed by atoms with Crippen LogP contribution in [0.5, 0.6) is 0 Å². The molecule has 4 heteroatoms. The lowest BCUT2D eigenvalue weighted by molar-refractivity contribution is 0.0968. The number of anilines is 1. The number of aryl methyl sites for hydroxylation is 1. The summed E-state index contributed by atoms with van der Waals surface area (Å²) < 4.78 is 0. The van der Waals surface area contributed by atoms with Crippen molar-refractivity contribution >= 4 is 5.82 Å². The highest BCUT2D eigenvalue weighted by atomic mass is 16.3. The van der Waals surface area contributed by atoms with E-state index in [9.17, 15) is 5.11 Å². The normalized spacial score (nSPS) is 25.1. The van der Waals surface area contributed by atoms with Gasteiger partial charge in [0.1, 0.15) is 5.82 Å². The number of aliphatic hydroxyl groups excluding tert-OH is 1. The van der Waals surface area contributed by atoms with Gasteiger partial charge in [-0.3, -0.25) is 0 Å². The van der Waals surface area contributed by atoms with Crippen LogP contribution in [0.3, 0.4) is 0 Å². The SMILES string of the molecule is Cc1ccnc(N2CCC(O)C(C)C2)c1CN. The van der Waals surface area contributed by atoms with Crippen molar-refractivity contribution in [2.45, 2.75) is 32.9 Å². The summed E-state index contributed by atoms with van der Waals surface area (Å²) >= 11 is 0. The van der Waals surface area contributed by atoms with Crippen LogP contribution in [0.15, 0.2) is 12.3 Å². The number of hydrogen-bond donors (Lipinski definition) is 2. The van der Waals surface area contributed by atoms with Crippen molar-refractivity contribution < 1.29 is 5.11 Å². The smallest absolute Gasteiger partial charge is 0.133 e. The Balaban J connectivity index is 2.25. The fourth-order valence-corrected chi connectivity index (χ4v) is 2.42. The second-order valence-electron chi connectivity index (χ2n) is 4.91. The predicted octanol–water partition coefficient (Wildman–Crippen LogP) is 1.06. The first-order chi connectivity index (χ1) is 8.13. The van der Waals surface area contributed by atoms with E-state index in [-0.39, 0.29) is 12.0 Å². The second-order valence-corrected chi connectivity index (χ2v) is 4.91. The standard InChI is InChI=1S/C13H21N3O/c1-9-3-5-15-13(11(9)7-14)16-6-4-12(17)10(2)8-16/h3,5,10,12,17H,4,6-8,14H2,1-2H3. The van der Waals surface area contributed by atoms with Crippen molar-refractivity contribution in [3.63, 3.8) is 0 Å². The fourth-order valence-electron chi connectivity index (χ4n) is 2.42. The summed E-state index contributed by atoms with van der Waals surface area (Å²) in [5.41, 5.74) is 8.12. The minimum Gasteiger partial charge on any atom is -0.393 e. The number of rotatable bonds is 2. The van der Waals surface area contributed by atoms with Gasteiger partial charge < -0.3 is 15.7 Å². The Kier molecular flexibility index (Phi) is 3.64. The molecule has 3 N–H and O–H groups in total. The van der Waals surface area contributed by atoms with Crippen LogP contribution in [0.1, 0.15) is 24.5 Å². The Bertz CT molecular complexity index is 394. The van der Waals surface area contributed by atoms with Crippen LogP contribution in [-0.2, 0) is 6.54 Å². The van der Waals surface area contributed by atoms with Crippen LogP contribution in [0.2, 0.25) is 0 Å². The Labute approximate surface area is 102 Å². The van der Waals surface area contributed by atoms with Crippen LogP contribution in [0.25, 0.3) is 0 Å². The van der Waals surface area contributed by atoms with Crippen LogP contribution < -0.4 is 10.6 Å². The van der Waals surface area contributed by atoms with Gasteiger partial charge in [0, 0.05) is 31.4 Å². The lowest BCUT2D eigenvalue weighted by Gasteiger charge is -2.36. The van der Waals surface area contributed by atoms with Gasteiger partial charge in [0.15, 0.2) is 0 Å². The maximum atomic E-state index is 9.75. The number of piperidine rings is 1. The lowest BCUT2D eigenvalue weighted by Crippen LogP contribution is -2.42. The van der Waals surface area contributed by atoms with Gasteiger partial charge in [-0.1, -0.05) is 6.92 Å². The number of nitrogens with two attached hydrogens (primary N) is 1. The molecule has 17 heavy (non-hydrogen) atoms. The first-order valence-corrected chi connectivity index (χ1v) is 6.21. The van der Waals surface area contributed by atoms with Crippen LogP contribution in [-0.4, -0.2) is 29.3 Å². The third-order valence-electron chi connectivity index (χ3n) is 3.63. The highest BCUT2D eigenvalue weighted by molar-refractivity contribution is 5.50. The molecule has 0 aliphatic carbocycles. The van der Waals surface area contributed by atoms with E-state index in [0.29, 0.717) is 6.54 Å². The molecule has 94 valence electrons. The van der Waals surface area contributed by atoms with Crippen molar-refractivity contribution in [2.24, 2.45) is 11.7 Å². The molecule has 1 fully saturated rings. The predicted molar refractivity (Wildman–Crippen MR) is 68.9 cm³/mol. The summed E-state index contributed by atoms with van der Waals surface area (Å²) in [6.07, 6.45) is 2.46. The maximum Gasteiger partial charge on any atom is 0.133 e. The quantitative estimate of drug-likeness (QED) is 0.804. The fraction of sp³-hybridized carbons (Fsp3) is 0.615. The molecule has 0 aromatic carbocycles. The molecule has 0 saturated carbocycles. The van der Waals surface area contributed by atoms with Crippen LogP contribution in [0.4, 0.5) is 5.82 Å². The van der Waals surface area contributed by atoms with E-state index < -0.39 is 0 Å². The number of nitrogens with zero attached hydrogens (tertiary/aromatic N) is 2. The summed E-state index contributed by atoms with van der Waals surface area (Å²) in [7, 11) is 0. The Morgan fingerprint density at radius 2 is 2.35 bits per heavy atom. The van der Waals surface area contributed by atoms with E-state index in [0.717, 1.165) is 30.9 Å². The molecular weight excluding hydrogens is 214 g/mol. The van der Waals surface area contributed by atoms with Gasteiger partial charge in [0.05, 0.1) is 6.10 Å². The Morgan fingerprint density at radius 3 is 3.00 bits per heavy atom. The van der Waals surface area contributed by atoms with E-state index >= 15 is 0 Å². The molecule has 1 aromatic rings. The summed E-state index contributed by atoms with van der Waals surface area (Å²) in [6, 6.07) is 1.99. The molecule has 1 saturated heterocycles. The van der Waals surface area contributed by atoms with E-state index in [1.165, 1.54) is 5.56 Å². The van der Waals surface area contributed by atoms with Crippen LogP contribution in [0, 0.1) is 12.8 Å². The third-order valence-corrected chi connectivity index (χ3v) is 3.63. The molecule has 1 aliphatic heterocycles. The molecule has 2 heterocycles. The summed E-state index contributed by atoms with van der Waals surface area (Å²) in [5, 5.41) is 9.75. The van der Waals surface area contributed by atoms with Crippen molar-refractivity contribution in [1.82, 2.24) is 4.98 Å². The van der Waals surface area contributed by atoms with E-state index in [1.807, 2.05) is 12.3 Å². The van der Waals surface area contributed by atoms with Crippen molar-refractivity contribution in [1.29, 1.82) is 0 Å². The minimum atomic E-state index is -0.183. The molecule has 0 radical (unpaired) electrons. The Morgan fingerprint density at radius 1 is 1.59 bits per heavy atom. The summed E-state index contributed by atoms with van der Waals surface area (Å²) in [5.74, 6) is 1.28. The highest BCUT2D eigenvalue weighted by Crippen LogP contribution is 2.26. The number of aromatic nitrogens is 1. The third kappa shape index (κ3) is 2.42. The molecule has 0 bridgehead atoms. The molecule has 2 atom stereocenters. The Hall–Kier alpha value is -1.13. The molecule has 4 nitrogen and oxygen atoms in total. The number of hydrogen-bond acceptors (Lipinski definition) is 4. The van der Waals surface area contributed by atoms with Gasteiger partial charge >= 0.3 is 0 Å². The van der Waals surface area contributed by atoms with Gasteiger partial charge in [0.25, 0.3) is 0 Å². The molecule has 1 aliphatic rings.